The molecule has 0 radical (unpaired) electrons. The zero-order valence-corrected chi connectivity index (χ0v) is 16.5. The summed E-state index contributed by atoms with van der Waals surface area (Å²) in [5, 5.41) is 14.8. The van der Waals surface area contributed by atoms with E-state index in [2.05, 4.69) is 42.4 Å². The minimum absolute atomic E-state index is 0.114. The van der Waals surface area contributed by atoms with Gasteiger partial charge in [0.15, 0.2) is 11.6 Å². The highest BCUT2D eigenvalue weighted by Crippen LogP contribution is 2.35. The van der Waals surface area contributed by atoms with E-state index in [1.165, 1.54) is 12.1 Å². The van der Waals surface area contributed by atoms with Crippen molar-refractivity contribution in [2.45, 2.75) is 19.9 Å². The number of nitrogens with zero attached hydrogens (tertiary/aromatic N) is 2. The molecule has 0 aromatic heterocycles. The molecule has 2 aromatic carbocycles. The van der Waals surface area contributed by atoms with Gasteiger partial charge >= 0.3 is 0 Å². The van der Waals surface area contributed by atoms with Crippen LogP contribution in [-0.2, 0) is 0 Å². The van der Waals surface area contributed by atoms with Crippen molar-refractivity contribution in [2.24, 2.45) is 5.10 Å². The Balaban J connectivity index is 2.30. The van der Waals surface area contributed by atoms with Crippen molar-refractivity contribution in [1.29, 1.82) is 0 Å². The maximum Gasteiger partial charge on any atom is 0.272 e. The number of nitro benzene ring substituents is 1. The molecule has 1 N–H and O–H groups in total. The minimum atomic E-state index is -0.819. The van der Waals surface area contributed by atoms with Crippen LogP contribution in [-0.4, -0.2) is 17.2 Å². The van der Waals surface area contributed by atoms with E-state index in [0.717, 1.165) is 10.5 Å². The van der Waals surface area contributed by atoms with Gasteiger partial charge in [0.05, 0.1) is 21.7 Å². The Bertz CT molecular complexity index is 829. The number of non-ortho nitro benzene ring substituents is 1. The van der Waals surface area contributed by atoms with Crippen LogP contribution >= 0.6 is 31.9 Å². The second-order valence-corrected chi connectivity index (χ2v) is 7.03. The molecule has 2 aromatic rings. The molecule has 132 valence electrons. The molecule has 0 amide bonds. The first kappa shape index (κ1) is 19.3. The molecule has 0 aliphatic carbocycles. The van der Waals surface area contributed by atoms with Gasteiger partial charge in [-0.05, 0) is 48.0 Å². The summed E-state index contributed by atoms with van der Waals surface area (Å²) in [5.74, 6) is -0.584. The molecule has 0 bridgehead atoms. The second kappa shape index (κ2) is 8.39. The van der Waals surface area contributed by atoms with Gasteiger partial charge in [0.1, 0.15) is 5.75 Å². The number of ether oxygens (including phenoxy) is 1. The molecule has 2 rings (SSSR count). The number of benzene rings is 2. The van der Waals surface area contributed by atoms with E-state index in [9.17, 15) is 14.5 Å². The first-order chi connectivity index (χ1) is 11.8. The smallest absolute Gasteiger partial charge is 0.272 e. The molecule has 9 heteroatoms. The van der Waals surface area contributed by atoms with Crippen molar-refractivity contribution in [2.75, 3.05) is 0 Å². The predicted molar refractivity (Wildman–Crippen MR) is 101 cm³/mol. The Labute approximate surface area is 160 Å². The number of nitro groups is 1. The SMILES string of the molecule is CC(C)N/N=C/c1cc(Oc2ccc([N+](=O)[O-])cc2F)c(Br)cc1Br. The van der Waals surface area contributed by atoms with Gasteiger partial charge in [-0.3, -0.25) is 10.1 Å². The van der Waals surface area contributed by atoms with Crippen molar-refractivity contribution in [1.82, 2.24) is 5.43 Å². The van der Waals surface area contributed by atoms with Gasteiger partial charge in [-0.15, -0.1) is 0 Å². The van der Waals surface area contributed by atoms with Crippen LogP contribution < -0.4 is 10.2 Å². The Morgan fingerprint density at radius 1 is 1.24 bits per heavy atom. The fraction of sp³-hybridized carbons (Fsp3) is 0.188. The number of hydrogen-bond donors (Lipinski definition) is 1. The highest BCUT2D eigenvalue weighted by atomic mass is 79.9. The number of hydrazone groups is 1. The van der Waals surface area contributed by atoms with E-state index < -0.39 is 10.7 Å². The topological polar surface area (TPSA) is 76.8 Å². The summed E-state index contributed by atoms with van der Waals surface area (Å²) in [6.07, 6.45) is 1.61. The zero-order chi connectivity index (χ0) is 18.6. The van der Waals surface area contributed by atoms with Crippen LogP contribution in [0.3, 0.4) is 0 Å². The van der Waals surface area contributed by atoms with Crippen molar-refractivity contribution in [3.8, 4) is 11.5 Å². The van der Waals surface area contributed by atoms with Gasteiger partial charge in [-0.2, -0.15) is 5.10 Å². The first-order valence-electron chi connectivity index (χ1n) is 7.17. The zero-order valence-electron chi connectivity index (χ0n) is 13.3. The van der Waals surface area contributed by atoms with Gasteiger partial charge in [-0.1, -0.05) is 15.9 Å². The molecule has 0 aliphatic heterocycles. The minimum Gasteiger partial charge on any atom is -0.453 e. The number of nitrogens with one attached hydrogen (secondary N) is 1. The van der Waals surface area contributed by atoms with Crippen LogP contribution in [0.2, 0.25) is 0 Å². The average molecular weight is 475 g/mol. The van der Waals surface area contributed by atoms with E-state index in [4.69, 9.17) is 4.74 Å². The lowest BCUT2D eigenvalue weighted by atomic mass is 10.2. The molecule has 25 heavy (non-hydrogen) atoms. The second-order valence-electron chi connectivity index (χ2n) is 5.32. The van der Waals surface area contributed by atoms with Gasteiger partial charge in [-0.25, -0.2) is 4.39 Å². The molecule has 0 unspecified atom stereocenters. The normalized spacial score (nSPS) is 11.1. The van der Waals surface area contributed by atoms with Crippen molar-refractivity contribution in [3.05, 3.63) is 60.8 Å². The third-order valence-corrected chi connectivity index (χ3v) is 4.24. The van der Waals surface area contributed by atoms with Crippen LogP contribution in [0.15, 0.2) is 44.4 Å². The quantitative estimate of drug-likeness (QED) is 0.346. The molecule has 0 atom stereocenters. The summed E-state index contributed by atoms with van der Waals surface area (Å²) in [5.41, 5.74) is 3.28. The summed E-state index contributed by atoms with van der Waals surface area (Å²) in [6, 6.07) is 6.82. The van der Waals surface area contributed by atoms with E-state index in [1.54, 1.807) is 18.3 Å². The van der Waals surface area contributed by atoms with E-state index in [1.807, 2.05) is 13.8 Å². The largest absolute Gasteiger partial charge is 0.453 e. The third-order valence-electron chi connectivity index (χ3n) is 2.93. The van der Waals surface area contributed by atoms with E-state index >= 15 is 0 Å². The summed E-state index contributed by atoms with van der Waals surface area (Å²) in [6.45, 7) is 3.92. The van der Waals surface area contributed by atoms with Gasteiger partial charge in [0, 0.05) is 22.1 Å². The maximum atomic E-state index is 14.0. The van der Waals surface area contributed by atoms with E-state index in [-0.39, 0.29) is 17.5 Å². The van der Waals surface area contributed by atoms with Gasteiger partial charge < -0.3 is 10.2 Å². The molecular formula is C16H14Br2FN3O3. The monoisotopic (exact) mass is 473 g/mol. The van der Waals surface area contributed by atoms with Crippen LogP contribution in [0.25, 0.3) is 0 Å². The van der Waals surface area contributed by atoms with Gasteiger partial charge in [0.25, 0.3) is 5.69 Å². The predicted octanol–water partition coefficient (Wildman–Crippen LogP) is 5.38. The number of hydrogen-bond acceptors (Lipinski definition) is 5. The number of halogens is 3. The maximum absolute atomic E-state index is 14.0. The lowest BCUT2D eigenvalue weighted by Gasteiger charge is -2.11. The third kappa shape index (κ3) is 5.23. The van der Waals surface area contributed by atoms with Crippen molar-refractivity contribution >= 4 is 43.8 Å². The summed E-state index contributed by atoms with van der Waals surface area (Å²) < 4.78 is 20.9. The summed E-state index contributed by atoms with van der Waals surface area (Å²) in [7, 11) is 0. The summed E-state index contributed by atoms with van der Waals surface area (Å²) in [4.78, 5) is 10.0. The number of rotatable bonds is 6. The fourth-order valence-electron chi connectivity index (χ4n) is 1.78. The Kier molecular flexibility index (Phi) is 6.49. The standard InChI is InChI=1S/C16H14Br2FN3O3/c1-9(2)21-20-8-10-5-16(13(18)7-12(10)17)25-15-4-3-11(22(23)24)6-14(15)19/h3-9,21H,1-2H3/b20-8+. The molecular weight excluding hydrogens is 461 g/mol. The molecule has 0 saturated heterocycles. The van der Waals surface area contributed by atoms with Crippen LogP contribution in [0.4, 0.5) is 10.1 Å². The Hall–Kier alpha value is -2.00. The summed E-state index contributed by atoms with van der Waals surface area (Å²) >= 11 is 6.77. The first-order valence-corrected chi connectivity index (χ1v) is 8.76. The Morgan fingerprint density at radius 3 is 2.56 bits per heavy atom. The molecule has 0 spiro atoms. The van der Waals surface area contributed by atoms with Crippen LogP contribution in [0, 0.1) is 15.9 Å². The van der Waals surface area contributed by atoms with Gasteiger partial charge in [0.2, 0.25) is 0 Å². The highest BCUT2D eigenvalue weighted by Gasteiger charge is 2.14. The molecule has 0 saturated carbocycles. The lowest BCUT2D eigenvalue weighted by Crippen LogP contribution is -2.15. The lowest BCUT2D eigenvalue weighted by molar-refractivity contribution is -0.385. The molecule has 0 fully saturated rings. The van der Waals surface area contributed by atoms with E-state index in [0.29, 0.717) is 15.8 Å². The fourth-order valence-corrected chi connectivity index (χ4v) is 2.96. The van der Waals surface area contributed by atoms with Crippen LogP contribution in [0.5, 0.6) is 11.5 Å². The van der Waals surface area contributed by atoms with Crippen molar-refractivity contribution in [3.63, 3.8) is 0 Å². The van der Waals surface area contributed by atoms with Crippen molar-refractivity contribution < 1.29 is 14.1 Å². The van der Waals surface area contributed by atoms with Crippen LogP contribution in [0.1, 0.15) is 19.4 Å². The molecule has 0 aliphatic rings. The molecule has 6 nitrogen and oxygen atoms in total. The molecule has 0 heterocycles. The average Bonchev–Trinajstić information content (AvgIpc) is 2.52. The highest BCUT2D eigenvalue weighted by molar-refractivity contribution is 9.11. The Morgan fingerprint density at radius 2 is 1.96 bits per heavy atom.